The summed E-state index contributed by atoms with van der Waals surface area (Å²) in [6.45, 7) is 0.386. The van der Waals surface area contributed by atoms with Gasteiger partial charge in [-0.05, 0) is 23.8 Å². The third-order valence-electron chi connectivity index (χ3n) is 2.43. The van der Waals surface area contributed by atoms with E-state index in [4.69, 9.17) is 4.74 Å². The number of carbonyl (C=O) groups is 1. The summed E-state index contributed by atoms with van der Waals surface area (Å²) in [4.78, 5) is 15.4. The molecule has 0 saturated carbocycles. The molecule has 0 aliphatic rings. The first-order chi connectivity index (χ1) is 9.19. The van der Waals surface area contributed by atoms with Gasteiger partial charge in [-0.1, -0.05) is 28.1 Å². The predicted molar refractivity (Wildman–Crippen MR) is 74.1 cm³/mol. The van der Waals surface area contributed by atoms with Crippen LogP contribution in [0.3, 0.4) is 0 Å². The Bertz CT molecular complexity index is 586. The summed E-state index contributed by atoms with van der Waals surface area (Å²) >= 11 is 3.40. The van der Waals surface area contributed by atoms with Crippen molar-refractivity contribution < 1.29 is 14.3 Å². The number of nitrogens with zero attached hydrogens (tertiary/aromatic N) is 1. The molecule has 0 aliphatic carbocycles. The standard InChI is InChI=1S/C14H12BrNO3/c1-18-14(17)11-5-6-16-13(8-11)19-9-10-3-2-4-12(15)7-10/h2-8H,9H2,1H3. The van der Waals surface area contributed by atoms with E-state index in [-0.39, 0.29) is 0 Å². The summed E-state index contributed by atoms with van der Waals surface area (Å²) in [6.07, 6.45) is 1.52. The Kier molecular flexibility index (Phi) is 4.52. The van der Waals surface area contributed by atoms with Gasteiger partial charge in [-0.15, -0.1) is 0 Å². The molecule has 0 amide bonds. The number of aromatic nitrogens is 1. The molecule has 4 nitrogen and oxygen atoms in total. The van der Waals surface area contributed by atoms with Gasteiger partial charge in [0.15, 0.2) is 0 Å². The molecule has 0 atom stereocenters. The SMILES string of the molecule is COC(=O)c1ccnc(OCc2cccc(Br)c2)c1. The highest BCUT2D eigenvalue weighted by Gasteiger charge is 2.07. The minimum Gasteiger partial charge on any atom is -0.473 e. The quantitative estimate of drug-likeness (QED) is 0.811. The summed E-state index contributed by atoms with van der Waals surface area (Å²) in [5, 5.41) is 0. The molecular weight excluding hydrogens is 310 g/mol. The van der Waals surface area contributed by atoms with Crippen LogP contribution in [0.5, 0.6) is 5.88 Å². The van der Waals surface area contributed by atoms with Crippen LogP contribution in [0, 0.1) is 0 Å². The second-order valence-corrected chi connectivity index (χ2v) is 4.71. The highest BCUT2D eigenvalue weighted by Crippen LogP contribution is 2.15. The van der Waals surface area contributed by atoms with Crippen LogP contribution in [-0.2, 0) is 11.3 Å². The van der Waals surface area contributed by atoms with Crippen LogP contribution in [0.25, 0.3) is 0 Å². The Hall–Kier alpha value is -1.88. The number of ether oxygens (including phenoxy) is 2. The molecule has 0 unspecified atom stereocenters. The van der Waals surface area contributed by atoms with Crippen molar-refractivity contribution in [3.63, 3.8) is 0 Å². The van der Waals surface area contributed by atoms with Crippen molar-refractivity contribution in [2.45, 2.75) is 6.61 Å². The van der Waals surface area contributed by atoms with Crippen molar-refractivity contribution >= 4 is 21.9 Å². The van der Waals surface area contributed by atoms with Gasteiger partial charge in [-0.3, -0.25) is 0 Å². The van der Waals surface area contributed by atoms with Crippen molar-refractivity contribution in [3.05, 3.63) is 58.2 Å². The molecule has 0 fully saturated rings. The van der Waals surface area contributed by atoms with Gasteiger partial charge in [0, 0.05) is 16.7 Å². The lowest BCUT2D eigenvalue weighted by molar-refractivity contribution is 0.0600. The van der Waals surface area contributed by atoms with Gasteiger partial charge in [0.2, 0.25) is 5.88 Å². The van der Waals surface area contributed by atoms with Crippen molar-refractivity contribution in [2.75, 3.05) is 7.11 Å². The first-order valence-corrected chi connectivity index (χ1v) is 6.40. The zero-order valence-electron chi connectivity index (χ0n) is 10.3. The molecule has 2 aromatic rings. The van der Waals surface area contributed by atoms with E-state index in [1.54, 1.807) is 12.1 Å². The maximum atomic E-state index is 11.4. The molecule has 0 spiro atoms. The smallest absolute Gasteiger partial charge is 0.338 e. The summed E-state index contributed by atoms with van der Waals surface area (Å²) in [7, 11) is 1.34. The Morgan fingerprint density at radius 3 is 2.89 bits per heavy atom. The van der Waals surface area contributed by atoms with Crippen LogP contribution < -0.4 is 4.74 Å². The number of pyridine rings is 1. The number of carbonyl (C=O) groups excluding carboxylic acids is 1. The summed E-state index contributed by atoms with van der Waals surface area (Å²) < 4.78 is 11.2. The Labute approximate surface area is 119 Å². The lowest BCUT2D eigenvalue weighted by Gasteiger charge is -2.06. The molecule has 0 aliphatic heterocycles. The number of esters is 1. The average molecular weight is 322 g/mol. The highest BCUT2D eigenvalue weighted by molar-refractivity contribution is 9.10. The van der Waals surface area contributed by atoms with Gasteiger partial charge in [-0.25, -0.2) is 9.78 Å². The Morgan fingerprint density at radius 2 is 2.16 bits per heavy atom. The Morgan fingerprint density at radius 1 is 1.32 bits per heavy atom. The van der Waals surface area contributed by atoms with E-state index in [1.165, 1.54) is 13.3 Å². The van der Waals surface area contributed by atoms with Crippen LogP contribution in [0.1, 0.15) is 15.9 Å². The van der Waals surface area contributed by atoms with Gasteiger partial charge in [-0.2, -0.15) is 0 Å². The van der Waals surface area contributed by atoms with E-state index >= 15 is 0 Å². The Balaban J connectivity index is 2.05. The van der Waals surface area contributed by atoms with Crippen molar-refractivity contribution in [1.82, 2.24) is 4.98 Å². The number of benzene rings is 1. The van der Waals surface area contributed by atoms with E-state index in [2.05, 4.69) is 25.7 Å². The molecule has 2 rings (SSSR count). The average Bonchev–Trinajstić information content (AvgIpc) is 2.45. The van der Waals surface area contributed by atoms with Gasteiger partial charge in [0.25, 0.3) is 0 Å². The minimum atomic E-state index is -0.408. The molecule has 98 valence electrons. The predicted octanol–water partition coefficient (Wildman–Crippen LogP) is 3.21. The number of rotatable bonds is 4. The van der Waals surface area contributed by atoms with Gasteiger partial charge in [0.1, 0.15) is 6.61 Å². The molecule has 19 heavy (non-hydrogen) atoms. The van der Waals surface area contributed by atoms with Crippen LogP contribution in [0.2, 0.25) is 0 Å². The zero-order valence-corrected chi connectivity index (χ0v) is 11.9. The number of methoxy groups -OCH3 is 1. The molecule has 0 N–H and O–H groups in total. The minimum absolute atomic E-state index is 0.386. The number of hydrogen-bond donors (Lipinski definition) is 0. The highest BCUT2D eigenvalue weighted by atomic mass is 79.9. The summed E-state index contributed by atoms with van der Waals surface area (Å²) in [6, 6.07) is 10.9. The van der Waals surface area contributed by atoms with E-state index in [9.17, 15) is 4.79 Å². The lowest BCUT2D eigenvalue weighted by Crippen LogP contribution is -2.03. The largest absolute Gasteiger partial charge is 0.473 e. The fraction of sp³-hybridized carbons (Fsp3) is 0.143. The molecule has 0 saturated heterocycles. The third-order valence-corrected chi connectivity index (χ3v) is 2.92. The van der Waals surface area contributed by atoms with Crippen molar-refractivity contribution in [1.29, 1.82) is 0 Å². The van der Waals surface area contributed by atoms with E-state index in [0.717, 1.165) is 10.0 Å². The molecule has 0 radical (unpaired) electrons. The van der Waals surface area contributed by atoms with Crippen molar-refractivity contribution in [2.24, 2.45) is 0 Å². The number of halogens is 1. The van der Waals surface area contributed by atoms with Crippen LogP contribution in [0.4, 0.5) is 0 Å². The number of hydrogen-bond acceptors (Lipinski definition) is 4. The molecule has 1 heterocycles. The van der Waals surface area contributed by atoms with E-state index in [0.29, 0.717) is 18.1 Å². The lowest BCUT2D eigenvalue weighted by atomic mass is 10.2. The van der Waals surface area contributed by atoms with Crippen LogP contribution in [-0.4, -0.2) is 18.1 Å². The normalized spacial score (nSPS) is 10.0. The van der Waals surface area contributed by atoms with E-state index in [1.807, 2.05) is 24.3 Å². The monoisotopic (exact) mass is 321 g/mol. The summed E-state index contributed by atoms with van der Waals surface area (Å²) in [5.41, 5.74) is 1.43. The maximum absolute atomic E-state index is 11.4. The third kappa shape index (κ3) is 3.79. The van der Waals surface area contributed by atoms with E-state index < -0.39 is 5.97 Å². The molecule has 5 heteroatoms. The first-order valence-electron chi connectivity index (χ1n) is 5.60. The topological polar surface area (TPSA) is 48.4 Å². The fourth-order valence-electron chi connectivity index (χ4n) is 1.52. The first kappa shape index (κ1) is 13.5. The van der Waals surface area contributed by atoms with Crippen LogP contribution >= 0.6 is 15.9 Å². The van der Waals surface area contributed by atoms with Gasteiger partial charge >= 0.3 is 5.97 Å². The maximum Gasteiger partial charge on any atom is 0.338 e. The fourth-order valence-corrected chi connectivity index (χ4v) is 1.96. The van der Waals surface area contributed by atoms with Crippen LogP contribution in [0.15, 0.2) is 47.1 Å². The second-order valence-electron chi connectivity index (χ2n) is 3.79. The second kappa shape index (κ2) is 6.33. The molecule has 1 aromatic carbocycles. The zero-order chi connectivity index (χ0) is 13.7. The van der Waals surface area contributed by atoms with Gasteiger partial charge < -0.3 is 9.47 Å². The van der Waals surface area contributed by atoms with Crippen molar-refractivity contribution in [3.8, 4) is 5.88 Å². The summed E-state index contributed by atoms with van der Waals surface area (Å²) in [5.74, 6) is -0.0161. The molecular formula is C14H12BrNO3. The molecule has 0 bridgehead atoms. The van der Waals surface area contributed by atoms with Gasteiger partial charge in [0.05, 0.1) is 12.7 Å². The molecule has 1 aromatic heterocycles.